The molecule has 2 rings (SSSR count). The highest BCUT2D eigenvalue weighted by molar-refractivity contribution is 5.90. The third kappa shape index (κ3) is 8.02. The molecule has 0 saturated carbocycles. The predicted molar refractivity (Wildman–Crippen MR) is 109 cm³/mol. The van der Waals surface area contributed by atoms with Crippen molar-refractivity contribution in [2.24, 2.45) is 5.73 Å². The van der Waals surface area contributed by atoms with Crippen LogP contribution in [0.5, 0.6) is 0 Å². The zero-order valence-corrected chi connectivity index (χ0v) is 16.0. The van der Waals surface area contributed by atoms with Crippen molar-refractivity contribution in [3.8, 4) is 0 Å². The molecule has 154 valence electrons. The minimum atomic E-state index is -1.17. The van der Waals surface area contributed by atoms with E-state index in [1.54, 1.807) is 0 Å². The molecule has 0 radical (unpaired) electrons. The Kier molecular flexibility index (Phi) is 8.65. The smallest absolute Gasteiger partial charge is 0.404 e. The van der Waals surface area contributed by atoms with Gasteiger partial charge in [0.2, 0.25) is 11.8 Å². The maximum absolute atomic E-state index is 12.6. The molecule has 2 aromatic carbocycles. The van der Waals surface area contributed by atoms with E-state index in [-0.39, 0.29) is 13.1 Å². The van der Waals surface area contributed by atoms with Crippen molar-refractivity contribution in [2.75, 3.05) is 13.1 Å². The summed E-state index contributed by atoms with van der Waals surface area (Å²) < 4.78 is 0. The summed E-state index contributed by atoms with van der Waals surface area (Å²) >= 11 is 0. The van der Waals surface area contributed by atoms with E-state index in [0.717, 1.165) is 11.1 Å². The molecule has 0 aliphatic rings. The van der Waals surface area contributed by atoms with E-state index >= 15 is 0 Å². The highest BCUT2D eigenvalue weighted by atomic mass is 16.4. The normalized spacial score (nSPS) is 12.4. The van der Waals surface area contributed by atoms with Crippen LogP contribution in [0.2, 0.25) is 0 Å². The van der Waals surface area contributed by atoms with Gasteiger partial charge >= 0.3 is 6.09 Å². The lowest BCUT2D eigenvalue weighted by atomic mass is 10.0. The second-order valence-corrected chi connectivity index (χ2v) is 6.57. The number of carbonyl (C=O) groups is 3. The summed E-state index contributed by atoms with van der Waals surface area (Å²) in [5.41, 5.74) is 7.84. The fourth-order valence-electron chi connectivity index (χ4n) is 2.78. The van der Waals surface area contributed by atoms with Gasteiger partial charge in [0.1, 0.15) is 6.04 Å². The average molecular weight is 398 g/mol. The average Bonchev–Trinajstić information content (AvgIpc) is 2.71. The second-order valence-electron chi connectivity index (χ2n) is 6.57. The zero-order chi connectivity index (χ0) is 21.1. The highest BCUT2D eigenvalue weighted by Crippen LogP contribution is 2.06. The van der Waals surface area contributed by atoms with Gasteiger partial charge < -0.3 is 26.8 Å². The van der Waals surface area contributed by atoms with E-state index in [2.05, 4.69) is 16.0 Å². The monoisotopic (exact) mass is 398 g/mol. The minimum Gasteiger partial charge on any atom is -0.465 e. The molecule has 0 aliphatic heterocycles. The van der Waals surface area contributed by atoms with Crippen LogP contribution in [0.1, 0.15) is 11.1 Å². The van der Waals surface area contributed by atoms with Crippen molar-refractivity contribution in [1.29, 1.82) is 0 Å². The van der Waals surface area contributed by atoms with Gasteiger partial charge in [-0.2, -0.15) is 0 Å². The number of carboxylic acid groups (broad SMARTS) is 1. The van der Waals surface area contributed by atoms with E-state index < -0.39 is 30.0 Å². The van der Waals surface area contributed by atoms with E-state index in [1.165, 1.54) is 0 Å². The van der Waals surface area contributed by atoms with Gasteiger partial charge in [0, 0.05) is 19.5 Å². The van der Waals surface area contributed by atoms with E-state index in [9.17, 15) is 14.4 Å². The van der Waals surface area contributed by atoms with Crippen LogP contribution < -0.4 is 21.7 Å². The van der Waals surface area contributed by atoms with Gasteiger partial charge in [0.25, 0.3) is 0 Å². The Labute approximate surface area is 169 Å². The summed E-state index contributed by atoms with van der Waals surface area (Å²) in [7, 11) is 0. The Hall–Kier alpha value is -3.39. The Morgan fingerprint density at radius 3 is 1.86 bits per heavy atom. The summed E-state index contributed by atoms with van der Waals surface area (Å²) in [6.07, 6.45) is -0.516. The summed E-state index contributed by atoms with van der Waals surface area (Å²) in [5, 5.41) is 16.1. The quantitative estimate of drug-likeness (QED) is 0.375. The fraction of sp³-hybridized carbons (Fsp3) is 0.286. The van der Waals surface area contributed by atoms with Gasteiger partial charge in [-0.3, -0.25) is 9.59 Å². The van der Waals surface area contributed by atoms with Crippen LogP contribution in [-0.4, -0.2) is 48.2 Å². The van der Waals surface area contributed by atoms with Gasteiger partial charge in [-0.1, -0.05) is 60.7 Å². The van der Waals surface area contributed by atoms with Gasteiger partial charge in [0.15, 0.2) is 0 Å². The molecule has 0 unspecified atom stereocenters. The summed E-state index contributed by atoms with van der Waals surface area (Å²) in [6.45, 7) is 0.183. The molecule has 6 N–H and O–H groups in total. The number of benzene rings is 2. The molecule has 2 aromatic rings. The second kappa shape index (κ2) is 11.5. The van der Waals surface area contributed by atoms with E-state index in [0.29, 0.717) is 12.8 Å². The van der Waals surface area contributed by atoms with Gasteiger partial charge in [-0.05, 0) is 17.5 Å². The van der Waals surface area contributed by atoms with Crippen molar-refractivity contribution in [1.82, 2.24) is 16.0 Å². The number of nitrogens with one attached hydrogen (secondary N) is 3. The topological polar surface area (TPSA) is 134 Å². The molecule has 0 bridgehead atoms. The van der Waals surface area contributed by atoms with Gasteiger partial charge in [-0.15, -0.1) is 0 Å². The number of amides is 3. The molecular formula is C21H26N4O4. The third-order valence-corrected chi connectivity index (χ3v) is 4.25. The third-order valence-electron chi connectivity index (χ3n) is 4.25. The highest BCUT2D eigenvalue weighted by Gasteiger charge is 2.24. The van der Waals surface area contributed by atoms with Gasteiger partial charge in [0.05, 0.1) is 6.04 Å². The van der Waals surface area contributed by atoms with Crippen molar-refractivity contribution in [3.63, 3.8) is 0 Å². The van der Waals surface area contributed by atoms with Crippen LogP contribution in [0.3, 0.4) is 0 Å². The van der Waals surface area contributed by atoms with Crippen molar-refractivity contribution in [2.45, 2.75) is 24.9 Å². The van der Waals surface area contributed by atoms with Crippen LogP contribution in [0.15, 0.2) is 60.7 Å². The Morgan fingerprint density at radius 1 is 0.793 bits per heavy atom. The Morgan fingerprint density at radius 2 is 1.31 bits per heavy atom. The van der Waals surface area contributed by atoms with Crippen LogP contribution in [0.25, 0.3) is 0 Å². The van der Waals surface area contributed by atoms with Gasteiger partial charge in [-0.25, -0.2) is 4.79 Å². The number of nitrogens with two attached hydrogens (primary N) is 1. The summed E-state index contributed by atoms with van der Waals surface area (Å²) in [4.78, 5) is 35.6. The first-order chi connectivity index (χ1) is 14.0. The van der Waals surface area contributed by atoms with Crippen molar-refractivity contribution >= 4 is 17.9 Å². The molecule has 2 atom stereocenters. The molecule has 8 nitrogen and oxygen atoms in total. The first-order valence-electron chi connectivity index (χ1n) is 9.34. The number of hydrogen-bond donors (Lipinski definition) is 5. The fourth-order valence-corrected chi connectivity index (χ4v) is 2.78. The van der Waals surface area contributed by atoms with E-state index in [4.69, 9.17) is 10.8 Å². The molecule has 0 heterocycles. The maximum Gasteiger partial charge on any atom is 0.404 e. The lowest BCUT2D eigenvalue weighted by Crippen LogP contribution is -2.53. The first-order valence-corrected chi connectivity index (χ1v) is 9.34. The molecule has 0 aromatic heterocycles. The molecule has 0 aliphatic carbocycles. The number of rotatable bonds is 10. The van der Waals surface area contributed by atoms with Crippen molar-refractivity contribution < 1.29 is 19.5 Å². The SMILES string of the molecule is N[C@@H](Cc1ccccc1)C(=O)N[C@@H](Cc1ccccc1)C(=O)NCCNC(=O)O. The molecule has 29 heavy (non-hydrogen) atoms. The number of hydrogen-bond acceptors (Lipinski definition) is 4. The Bertz CT molecular complexity index is 799. The lowest BCUT2D eigenvalue weighted by Gasteiger charge is -2.21. The minimum absolute atomic E-state index is 0.0700. The predicted octanol–water partition coefficient (Wildman–Crippen LogP) is 0.668. The van der Waals surface area contributed by atoms with Crippen LogP contribution in [-0.2, 0) is 22.4 Å². The molecule has 8 heteroatoms. The maximum atomic E-state index is 12.6. The largest absolute Gasteiger partial charge is 0.465 e. The standard InChI is InChI=1S/C21H26N4O4/c22-17(13-15-7-3-1-4-8-15)19(26)25-18(14-16-9-5-2-6-10-16)20(27)23-11-12-24-21(28)29/h1-10,17-18,24H,11-14,22H2,(H,23,27)(H,25,26)(H,28,29)/t17-,18-/m0/s1. The van der Waals surface area contributed by atoms with Crippen LogP contribution >= 0.6 is 0 Å². The first kappa shape index (κ1) is 21.9. The Balaban J connectivity index is 1.98. The van der Waals surface area contributed by atoms with Crippen LogP contribution in [0, 0.1) is 0 Å². The number of carbonyl (C=O) groups excluding carboxylic acids is 2. The molecule has 0 spiro atoms. The van der Waals surface area contributed by atoms with E-state index in [1.807, 2.05) is 60.7 Å². The lowest BCUT2D eigenvalue weighted by molar-refractivity contribution is -0.129. The zero-order valence-electron chi connectivity index (χ0n) is 16.0. The van der Waals surface area contributed by atoms with Crippen molar-refractivity contribution in [3.05, 3.63) is 71.8 Å². The summed E-state index contributed by atoms with van der Waals surface area (Å²) in [6, 6.07) is 17.1. The molecule has 3 amide bonds. The molecular weight excluding hydrogens is 372 g/mol. The molecule has 0 saturated heterocycles. The van der Waals surface area contributed by atoms with Crippen LogP contribution in [0.4, 0.5) is 4.79 Å². The molecule has 0 fully saturated rings. The summed E-state index contributed by atoms with van der Waals surface area (Å²) in [5.74, 6) is -0.824.